The quantitative estimate of drug-likeness (QED) is 0.646. The van der Waals surface area contributed by atoms with Crippen molar-refractivity contribution in [3.63, 3.8) is 0 Å². The molecule has 2 rings (SSSR count). The van der Waals surface area contributed by atoms with Crippen molar-refractivity contribution < 1.29 is 14.6 Å². The lowest BCUT2D eigenvalue weighted by atomic mass is 10.2. The highest BCUT2D eigenvalue weighted by Crippen LogP contribution is 2.32. The fourth-order valence-corrected chi connectivity index (χ4v) is 2.27. The molecule has 2 aromatic rings. The number of rotatable bonds is 4. The second kappa shape index (κ2) is 6.60. The molecular weight excluding hydrogens is 369 g/mol. The number of aromatic hydroxyl groups is 1. The Morgan fingerprint density at radius 3 is 2.40 bits per heavy atom. The summed E-state index contributed by atoms with van der Waals surface area (Å²) >= 11 is 2.05. The number of nitrogens with zero attached hydrogens (tertiary/aromatic N) is 1. The van der Waals surface area contributed by atoms with Crippen molar-refractivity contribution >= 4 is 34.5 Å². The van der Waals surface area contributed by atoms with Crippen molar-refractivity contribution in [1.82, 2.24) is 0 Å². The summed E-state index contributed by atoms with van der Waals surface area (Å²) in [5.41, 5.74) is 1.69. The van der Waals surface area contributed by atoms with Crippen molar-refractivity contribution in [1.29, 1.82) is 0 Å². The molecule has 0 saturated carbocycles. The van der Waals surface area contributed by atoms with E-state index in [4.69, 9.17) is 9.47 Å². The Morgan fingerprint density at radius 2 is 1.80 bits per heavy atom. The molecule has 2 aromatic carbocycles. The van der Waals surface area contributed by atoms with Crippen molar-refractivity contribution in [3.05, 3.63) is 45.5 Å². The Morgan fingerprint density at radius 1 is 1.10 bits per heavy atom. The molecule has 5 heteroatoms. The van der Waals surface area contributed by atoms with Crippen LogP contribution in [0, 0.1) is 3.57 Å². The van der Waals surface area contributed by atoms with Gasteiger partial charge < -0.3 is 14.6 Å². The van der Waals surface area contributed by atoms with Crippen LogP contribution < -0.4 is 9.47 Å². The molecule has 4 nitrogen and oxygen atoms in total. The molecule has 0 fully saturated rings. The van der Waals surface area contributed by atoms with Gasteiger partial charge in [0.1, 0.15) is 5.75 Å². The second-order valence-electron chi connectivity index (χ2n) is 4.01. The standard InChI is InChI=1S/C15H14INO3/c1-19-12-5-3-11(4-6-12)17-9-10-7-13(16)15(18)14(8-10)20-2/h3-9,18H,1-2H3. The van der Waals surface area contributed by atoms with E-state index >= 15 is 0 Å². The van der Waals surface area contributed by atoms with E-state index in [1.54, 1.807) is 19.4 Å². The van der Waals surface area contributed by atoms with Gasteiger partial charge in [0.15, 0.2) is 11.5 Å². The zero-order chi connectivity index (χ0) is 14.5. The summed E-state index contributed by atoms with van der Waals surface area (Å²) < 4.78 is 10.9. The summed E-state index contributed by atoms with van der Waals surface area (Å²) in [4.78, 5) is 4.38. The van der Waals surface area contributed by atoms with E-state index in [2.05, 4.69) is 27.6 Å². The van der Waals surface area contributed by atoms with Crippen LogP contribution in [0.15, 0.2) is 41.4 Å². The summed E-state index contributed by atoms with van der Waals surface area (Å²) in [7, 11) is 3.15. The molecule has 0 saturated heterocycles. The summed E-state index contributed by atoms with van der Waals surface area (Å²) in [5.74, 6) is 1.38. The summed E-state index contributed by atoms with van der Waals surface area (Å²) in [6.07, 6.45) is 1.73. The molecule has 0 spiro atoms. The molecule has 20 heavy (non-hydrogen) atoms. The molecular formula is C15H14INO3. The van der Waals surface area contributed by atoms with Gasteiger partial charge in [-0.05, 0) is 64.6 Å². The van der Waals surface area contributed by atoms with E-state index in [-0.39, 0.29) is 5.75 Å². The lowest BCUT2D eigenvalue weighted by molar-refractivity contribution is 0.371. The van der Waals surface area contributed by atoms with Crippen LogP contribution in [0.5, 0.6) is 17.2 Å². The lowest BCUT2D eigenvalue weighted by Gasteiger charge is -2.06. The maximum atomic E-state index is 9.77. The first-order valence-corrected chi connectivity index (χ1v) is 6.96. The number of benzene rings is 2. The molecule has 0 bridgehead atoms. The molecule has 0 unspecified atom stereocenters. The van der Waals surface area contributed by atoms with Gasteiger partial charge in [-0.15, -0.1) is 0 Å². The minimum Gasteiger partial charge on any atom is -0.504 e. The topological polar surface area (TPSA) is 51.0 Å². The minimum atomic E-state index is 0.148. The monoisotopic (exact) mass is 383 g/mol. The first kappa shape index (κ1) is 14.6. The van der Waals surface area contributed by atoms with E-state index in [9.17, 15) is 5.11 Å². The molecule has 104 valence electrons. The highest BCUT2D eigenvalue weighted by molar-refractivity contribution is 14.1. The molecule has 0 aliphatic heterocycles. The van der Waals surface area contributed by atoms with Gasteiger partial charge in [-0.1, -0.05) is 0 Å². The van der Waals surface area contributed by atoms with Gasteiger partial charge in [-0.2, -0.15) is 0 Å². The van der Waals surface area contributed by atoms with E-state index in [1.165, 1.54) is 7.11 Å². The Hall–Kier alpha value is -1.76. The Bertz CT molecular complexity index is 624. The zero-order valence-electron chi connectivity index (χ0n) is 11.1. The molecule has 0 radical (unpaired) electrons. The summed E-state index contributed by atoms with van der Waals surface area (Å²) in [6.45, 7) is 0. The first-order valence-electron chi connectivity index (χ1n) is 5.88. The third-order valence-electron chi connectivity index (χ3n) is 2.71. The largest absolute Gasteiger partial charge is 0.504 e. The van der Waals surface area contributed by atoms with E-state index in [1.807, 2.05) is 30.3 Å². The number of phenolic OH excluding ortho intramolecular Hbond substituents is 1. The number of hydrogen-bond donors (Lipinski definition) is 1. The second-order valence-corrected chi connectivity index (χ2v) is 5.17. The average Bonchev–Trinajstić information content (AvgIpc) is 2.48. The zero-order valence-corrected chi connectivity index (χ0v) is 13.3. The van der Waals surface area contributed by atoms with E-state index in [0.717, 1.165) is 20.6 Å². The van der Waals surface area contributed by atoms with Gasteiger partial charge >= 0.3 is 0 Å². The minimum absolute atomic E-state index is 0.148. The van der Waals surface area contributed by atoms with Crippen LogP contribution in [0.3, 0.4) is 0 Å². The summed E-state index contributed by atoms with van der Waals surface area (Å²) in [6, 6.07) is 11.0. The normalized spacial score (nSPS) is 10.8. The Labute approximate surface area is 131 Å². The lowest BCUT2D eigenvalue weighted by Crippen LogP contribution is -1.90. The van der Waals surface area contributed by atoms with Crippen molar-refractivity contribution in [2.75, 3.05) is 14.2 Å². The molecule has 0 aliphatic rings. The Kier molecular flexibility index (Phi) is 4.84. The molecule has 0 atom stereocenters. The van der Waals surface area contributed by atoms with Crippen molar-refractivity contribution in [2.45, 2.75) is 0 Å². The van der Waals surface area contributed by atoms with E-state index in [0.29, 0.717) is 5.75 Å². The van der Waals surface area contributed by atoms with Gasteiger partial charge in [0.05, 0.1) is 23.5 Å². The predicted molar refractivity (Wildman–Crippen MR) is 87.6 cm³/mol. The number of halogens is 1. The van der Waals surface area contributed by atoms with E-state index < -0.39 is 0 Å². The molecule has 0 heterocycles. The highest BCUT2D eigenvalue weighted by atomic mass is 127. The number of phenols is 1. The molecule has 1 N–H and O–H groups in total. The predicted octanol–water partition coefficient (Wildman–Crippen LogP) is 3.76. The van der Waals surface area contributed by atoms with Crippen molar-refractivity contribution in [2.24, 2.45) is 4.99 Å². The van der Waals surface area contributed by atoms with Gasteiger partial charge in [-0.3, -0.25) is 4.99 Å². The SMILES string of the molecule is COc1ccc(N=Cc2cc(I)c(O)c(OC)c2)cc1. The highest BCUT2D eigenvalue weighted by Gasteiger charge is 2.07. The van der Waals surface area contributed by atoms with Gasteiger partial charge in [0.2, 0.25) is 0 Å². The third-order valence-corrected chi connectivity index (χ3v) is 3.53. The maximum absolute atomic E-state index is 9.77. The van der Waals surface area contributed by atoms with Crippen LogP contribution in [0.2, 0.25) is 0 Å². The van der Waals surface area contributed by atoms with Gasteiger partial charge in [-0.25, -0.2) is 0 Å². The van der Waals surface area contributed by atoms with Crippen LogP contribution in [-0.2, 0) is 0 Å². The first-order chi connectivity index (χ1) is 9.63. The van der Waals surface area contributed by atoms with Crippen LogP contribution in [-0.4, -0.2) is 25.5 Å². The fraction of sp³-hybridized carbons (Fsp3) is 0.133. The van der Waals surface area contributed by atoms with Crippen LogP contribution in [0.4, 0.5) is 5.69 Å². The number of ether oxygens (including phenoxy) is 2. The number of aliphatic imine (C=N–C) groups is 1. The number of methoxy groups -OCH3 is 2. The smallest absolute Gasteiger partial charge is 0.171 e. The fourth-order valence-electron chi connectivity index (χ4n) is 1.64. The van der Waals surface area contributed by atoms with Crippen LogP contribution >= 0.6 is 22.6 Å². The molecule has 0 aliphatic carbocycles. The maximum Gasteiger partial charge on any atom is 0.171 e. The Balaban J connectivity index is 2.24. The molecule has 0 amide bonds. The average molecular weight is 383 g/mol. The number of hydrogen-bond acceptors (Lipinski definition) is 4. The van der Waals surface area contributed by atoms with Gasteiger partial charge in [0, 0.05) is 6.21 Å². The summed E-state index contributed by atoms with van der Waals surface area (Å²) in [5, 5.41) is 9.77. The van der Waals surface area contributed by atoms with Crippen LogP contribution in [0.25, 0.3) is 0 Å². The molecule has 0 aromatic heterocycles. The third kappa shape index (κ3) is 3.41. The van der Waals surface area contributed by atoms with Crippen LogP contribution in [0.1, 0.15) is 5.56 Å². The van der Waals surface area contributed by atoms with Gasteiger partial charge in [0.25, 0.3) is 0 Å². The van der Waals surface area contributed by atoms with Crippen molar-refractivity contribution in [3.8, 4) is 17.2 Å².